The first kappa shape index (κ1) is 30.4. The minimum atomic E-state index is -3.87. The Bertz CT molecular complexity index is 1700. The fraction of sp³-hybridized carbons (Fsp3) is 0.333. The van der Waals surface area contributed by atoms with Crippen LogP contribution in [-0.2, 0) is 21.9 Å². The van der Waals surface area contributed by atoms with Crippen LogP contribution < -0.4 is 10.6 Å². The SMILES string of the molecule is Cc1ccc(-n2nc(C(C)(C)C)cc2NC(=O)Nc2cccc(CC3CCN(S(=O)(=O)c4ccccc4F)CC3)c2)cc1. The van der Waals surface area contributed by atoms with E-state index in [0.717, 1.165) is 28.9 Å². The second-order valence-electron chi connectivity index (χ2n) is 12.2. The summed E-state index contributed by atoms with van der Waals surface area (Å²) < 4.78 is 43.2. The molecule has 43 heavy (non-hydrogen) atoms. The molecule has 4 aromatic rings. The van der Waals surface area contributed by atoms with Gasteiger partial charge in [-0.2, -0.15) is 9.40 Å². The Morgan fingerprint density at radius 1 is 0.953 bits per heavy atom. The average molecular weight is 604 g/mol. The first-order valence-electron chi connectivity index (χ1n) is 14.5. The molecule has 5 rings (SSSR count). The van der Waals surface area contributed by atoms with Crippen molar-refractivity contribution in [2.45, 2.75) is 57.3 Å². The van der Waals surface area contributed by atoms with Crippen LogP contribution in [0.4, 0.5) is 20.7 Å². The Morgan fingerprint density at radius 3 is 2.33 bits per heavy atom. The highest BCUT2D eigenvalue weighted by Gasteiger charge is 2.31. The number of carbonyl (C=O) groups is 1. The normalized spacial score (nSPS) is 14.9. The third-order valence-corrected chi connectivity index (χ3v) is 9.67. The molecule has 0 unspecified atom stereocenters. The van der Waals surface area contributed by atoms with E-state index in [1.807, 2.05) is 61.5 Å². The number of halogens is 1. The van der Waals surface area contributed by atoms with Gasteiger partial charge in [-0.05, 0) is 74.1 Å². The van der Waals surface area contributed by atoms with E-state index in [1.54, 1.807) is 4.68 Å². The molecule has 0 spiro atoms. The number of aromatic nitrogens is 2. The van der Waals surface area contributed by atoms with E-state index in [-0.39, 0.29) is 22.3 Å². The second kappa shape index (κ2) is 12.3. The maximum Gasteiger partial charge on any atom is 0.324 e. The minimum Gasteiger partial charge on any atom is -0.308 e. The molecule has 10 heteroatoms. The van der Waals surface area contributed by atoms with E-state index in [4.69, 9.17) is 5.10 Å². The summed E-state index contributed by atoms with van der Waals surface area (Å²) >= 11 is 0. The number of nitrogens with zero attached hydrogens (tertiary/aromatic N) is 3. The third-order valence-electron chi connectivity index (χ3n) is 7.74. The Labute approximate surface area is 253 Å². The van der Waals surface area contributed by atoms with Gasteiger partial charge in [-0.3, -0.25) is 5.32 Å². The van der Waals surface area contributed by atoms with Crippen LogP contribution in [0.2, 0.25) is 0 Å². The highest BCUT2D eigenvalue weighted by Crippen LogP contribution is 2.29. The van der Waals surface area contributed by atoms with Gasteiger partial charge in [0.25, 0.3) is 0 Å². The van der Waals surface area contributed by atoms with Crippen LogP contribution in [-0.4, -0.2) is 41.6 Å². The van der Waals surface area contributed by atoms with Crippen molar-refractivity contribution in [1.82, 2.24) is 14.1 Å². The van der Waals surface area contributed by atoms with Crippen LogP contribution in [0.25, 0.3) is 5.69 Å². The summed E-state index contributed by atoms with van der Waals surface area (Å²) in [5.74, 6) is 0.113. The van der Waals surface area contributed by atoms with Crippen molar-refractivity contribution in [2.24, 2.45) is 5.92 Å². The van der Waals surface area contributed by atoms with Crippen LogP contribution >= 0.6 is 0 Å². The Balaban J connectivity index is 1.22. The van der Waals surface area contributed by atoms with Crippen molar-refractivity contribution in [1.29, 1.82) is 0 Å². The van der Waals surface area contributed by atoms with Crippen molar-refractivity contribution < 1.29 is 17.6 Å². The highest BCUT2D eigenvalue weighted by atomic mass is 32.2. The summed E-state index contributed by atoms with van der Waals surface area (Å²) in [6.07, 6.45) is 2.09. The minimum absolute atomic E-state index is 0.199. The fourth-order valence-electron chi connectivity index (χ4n) is 5.25. The molecule has 1 aromatic heterocycles. The number of carbonyl (C=O) groups excluding carboxylic acids is 1. The monoisotopic (exact) mass is 603 g/mol. The molecule has 8 nitrogen and oxygen atoms in total. The topological polar surface area (TPSA) is 96.3 Å². The quantitative estimate of drug-likeness (QED) is 0.240. The summed E-state index contributed by atoms with van der Waals surface area (Å²) in [6.45, 7) is 8.94. The molecule has 0 atom stereocenters. The van der Waals surface area contributed by atoms with Gasteiger partial charge >= 0.3 is 6.03 Å². The predicted molar refractivity (Wildman–Crippen MR) is 168 cm³/mol. The number of anilines is 2. The van der Waals surface area contributed by atoms with Gasteiger partial charge in [0.15, 0.2) is 0 Å². The number of sulfonamides is 1. The number of amides is 2. The number of benzene rings is 3. The predicted octanol–water partition coefficient (Wildman–Crippen LogP) is 6.90. The highest BCUT2D eigenvalue weighted by molar-refractivity contribution is 7.89. The molecule has 0 bridgehead atoms. The lowest BCUT2D eigenvalue weighted by Gasteiger charge is -2.31. The molecule has 1 aliphatic rings. The lowest BCUT2D eigenvalue weighted by Crippen LogP contribution is -2.39. The molecular weight excluding hydrogens is 565 g/mol. The lowest BCUT2D eigenvalue weighted by atomic mass is 9.91. The van der Waals surface area contributed by atoms with Gasteiger partial charge in [0, 0.05) is 30.3 Å². The number of aryl methyl sites for hydroxylation is 1. The summed E-state index contributed by atoms with van der Waals surface area (Å²) in [5, 5.41) is 10.7. The summed E-state index contributed by atoms with van der Waals surface area (Å²) in [7, 11) is -3.87. The maximum atomic E-state index is 14.2. The number of hydrogen-bond donors (Lipinski definition) is 2. The van der Waals surface area contributed by atoms with E-state index < -0.39 is 15.8 Å². The van der Waals surface area contributed by atoms with E-state index in [9.17, 15) is 17.6 Å². The van der Waals surface area contributed by atoms with Crippen LogP contribution in [0, 0.1) is 18.7 Å². The molecule has 1 fully saturated rings. The number of urea groups is 1. The van der Waals surface area contributed by atoms with Gasteiger partial charge in [0.05, 0.1) is 11.4 Å². The van der Waals surface area contributed by atoms with Crippen LogP contribution in [0.3, 0.4) is 0 Å². The van der Waals surface area contributed by atoms with Gasteiger partial charge in [0.2, 0.25) is 10.0 Å². The van der Waals surface area contributed by atoms with E-state index >= 15 is 0 Å². The van der Waals surface area contributed by atoms with Crippen molar-refractivity contribution in [3.05, 3.63) is 102 Å². The van der Waals surface area contributed by atoms with Crippen LogP contribution in [0.5, 0.6) is 0 Å². The number of nitrogens with one attached hydrogen (secondary N) is 2. The molecule has 1 saturated heterocycles. The first-order chi connectivity index (χ1) is 20.4. The zero-order valence-electron chi connectivity index (χ0n) is 25.0. The second-order valence-corrected chi connectivity index (χ2v) is 14.1. The van der Waals surface area contributed by atoms with Crippen molar-refractivity contribution in [3.8, 4) is 5.69 Å². The number of hydrogen-bond acceptors (Lipinski definition) is 4. The van der Waals surface area contributed by atoms with Crippen molar-refractivity contribution >= 4 is 27.6 Å². The third kappa shape index (κ3) is 7.14. The Kier molecular flexibility index (Phi) is 8.71. The molecule has 3 aromatic carbocycles. The summed E-state index contributed by atoms with van der Waals surface area (Å²) in [5.41, 5.74) is 4.36. The molecule has 226 valence electrons. The van der Waals surface area contributed by atoms with E-state index in [2.05, 4.69) is 31.4 Å². The van der Waals surface area contributed by atoms with Gasteiger partial charge < -0.3 is 5.32 Å². The Hall–Kier alpha value is -4.02. The molecule has 0 radical (unpaired) electrons. The van der Waals surface area contributed by atoms with Gasteiger partial charge in [-0.25, -0.2) is 22.3 Å². The molecular formula is C33H38FN5O3S. The average Bonchev–Trinajstić information content (AvgIpc) is 3.38. The van der Waals surface area contributed by atoms with Crippen molar-refractivity contribution in [3.63, 3.8) is 0 Å². The molecule has 0 saturated carbocycles. The summed E-state index contributed by atoms with van der Waals surface area (Å²) in [4.78, 5) is 12.8. The van der Waals surface area contributed by atoms with Gasteiger partial charge in [-0.15, -0.1) is 0 Å². The first-order valence-corrected chi connectivity index (χ1v) is 15.9. The summed E-state index contributed by atoms with van der Waals surface area (Å²) in [6, 6.07) is 22.7. The standard InChI is InChI=1S/C33H38FN5O3S/c1-23-12-14-27(15-13-23)39-31(22-30(37-39)33(2,3)4)36-32(40)35-26-9-7-8-25(21-26)20-24-16-18-38(19-17-24)43(41,42)29-11-6-5-10-28(29)34/h5-15,21-22,24H,16-20H2,1-4H3,(H2,35,36,40). The number of piperidine rings is 1. The molecule has 2 amide bonds. The maximum absolute atomic E-state index is 14.2. The van der Waals surface area contributed by atoms with Crippen molar-refractivity contribution in [2.75, 3.05) is 23.7 Å². The van der Waals surface area contributed by atoms with Crippen LogP contribution in [0.15, 0.2) is 83.8 Å². The largest absolute Gasteiger partial charge is 0.324 e. The Morgan fingerprint density at radius 2 is 1.65 bits per heavy atom. The molecule has 2 heterocycles. The lowest BCUT2D eigenvalue weighted by molar-refractivity contribution is 0.262. The van der Waals surface area contributed by atoms with E-state index in [1.165, 1.54) is 28.6 Å². The zero-order valence-corrected chi connectivity index (χ0v) is 25.8. The van der Waals surface area contributed by atoms with Gasteiger partial charge in [0.1, 0.15) is 16.5 Å². The molecule has 1 aliphatic heterocycles. The zero-order chi connectivity index (χ0) is 30.8. The fourth-order valence-corrected chi connectivity index (χ4v) is 6.79. The van der Waals surface area contributed by atoms with Gasteiger partial charge in [-0.1, -0.05) is 62.7 Å². The molecule has 2 N–H and O–H groups in total. The van der Waals surface area contributed by atoms with Crippen LogP contribution in [0.1, 0.15) is 50.4 Å². The number of rotatable bonds is 7. The smallest absolute Gasteiger partial charge is 0.308 e. The molecule has 0 aliphatic carbocycles. The van der Waals surface area contributed by atoms with E-state index in [0.29, 0.717) is 37.4 Å².